The lowest BCUT2D eigenvalue weighted by molar-refractivity contribution is -0.131. The molecule has 1 saturated carbocycles. The number of piperidine rings is 1. The fraction of sp³-hybridized carbons (Fsp3) is 0.536. The zero-order valence-electron chi connectivity index (χ0n) is 22.7. The summed E-state index contributed by atoms with van der Waals surface area (Å²) >= 11 is 1.48. The molecule has 2 aromatic rings. The molecule has 0 bridgehead atoms. The average Bonchev–Trinajstić information content (AvgIpc) is 3.46. The van der Waals surface area contributed by atoms with Crippen molar-refractivity contribution in [1.82, 2.24) is 14.9 Å². The summed E-state index contributed by atoms with van der Waals surface area (Å²) in [5, 5.41) is 7.63. The van der Waals surface area contributed by atoms with Gasteiger partial charge in [-0.2, -0.15) is 4.31 Å². The maximum atomic E-state index is 13.7. The highest BCUT2D eigenvalue weighted by atomic mass is 32.2. The van der Waals surface area contributed by atoms with Gasteiger partial charge in [0.1, 0.15) is 17.8 Å². The second-order valence-electron chi connectivity index (χ2n) is 10.6. The maximum absolute atomic E-state index is 13.7. The molecule has 1 saturated heterocycles. The summed E-state index contributed by atoms with van der Waals surface area (Å²) in [4.78, 5) is 39.6. The quantitative estimate of drug-likeness (QED) is 0.366. The highest BCUT2D eigenvalue weighted by Crippen LogP contribution is 2.29. The minimum atomic E-state index is -4.07. The Labute approximate surface area is 239 Å². The van der Waals surface area contributed by atoms with E-state index in [-0.39, 0.29) is 36.1 Å². The van der Waals surface area contributed by atoms with Crippen LogP contribution in [0.3, 0.4) is 0 Å². The predicted octanol–water partition coefficient (Wildman–Crippen LogP) is 2.58. The lowest BCUT2D eigenvalue weighted by Gasteiger charge is -2.38. The molecule has 1 aromatic carbocycles. The van der Waals surface area contributed by atoms with Crippen LogP contribution in [-0.2, 0) is 30.8 Å². The Kier molecular flexibility index (Phi) is 10.2. The number of primary amides is 1. The minimum Gasteiger partial charge on any atom is -0.497 e. The monoisotopic (exact) mass is 590 g/mol. The molecule has 12 heteroatoms. The van der Waals surface area contributed by atoms with Crippen LogP contribution in [0.15, 0.2) is 46.7 Å². The van der Waals surface area contributed by atoms with E-state index < -0.39 is 40.0 Å². The molecule has 0 radical (unpaired) electrons. The number of benzene rings is 1. The molecule has 2 heterocycles. The normalized spacial score (nSPS) is 21.3. The molecule has 1 aromatic heterocycles. The van der Waals surface area contributed by atoms with Crippen molar-refractivity contribution < 1.29 is 27.5 Å². The first kappa shape index (κ1) is 30.0. The number of ether oxygens (including phenoxy) is 1. The van der Waals surface area contributed by atoms with Gasteiger partial charge in [-0.3, -0.25) is 14.4 Å². The molecule has 4 N–H and O–H groups in total. The van der Waals surface area contributed by atoms with Crippen molar-refractivity contribution in [3.8, 4) is 5.75 Å². The Hall–Kier alpha value is -2.96. The van der Waals surface area contributed by atoms with Gasteiger partial charge in [0.2, 0.25) is 27.7 Å². The molecule has 10 nitrogen and oxygen atoms in total. The van der Waals surface area contributed by atoms with Gasteiger partial charge in [0, 0.05) is 17.5 Å². The number of hydrogen-bond donors (Lipinski definition) is 3. The first-order chi connectivity index (χ1) is 19.2. The van der Waals surface area contributed by atoms with Crippen molar-refractivity contribution in [3.05, 3.63) is 46.7 Å². The number of carbonyl (C=O) groups excluding carboxylic acids is 3. The van der Waals surface area contributed by atoms with Gasteiger partial charge in [0.25, 0.3) is 0 Å². The maximum Gasteiger partial charge on any atom is 0.243 e. The first-order valence-electron chi connectivity index (χ1n) is 13.7. The number of methoxy groups -OCH3 is 1. The summed E-state index contributed by atoms with van der Waals surface area (Å²) in [5.74, 6) is -0.631. The highest BCUT2D eigenvalue weighted by molar-refractivity contribution is 7.89. The summed E-state index contributed by atoms with van der Waals surface area (Å²) < 4.78 is 33.7. The van der Waals surface area contributed by atoms with E-state index in [0.29, 0.717) is 18.6 Å². The fourth-order valence-electron chi connectivity index (χ4n) is 5.60. The van der Waals surface area contributed by atoms with E-state index in [2.05, 4.69) is 10.6 Å². The number of carbonyl (C=O) groups is 3. The molecule has 2 aliphatic rings. The summed E-state index contributed by atoms with van der Waals surface area (Å²) in [5.41, 5.74) is 5.67. The third kappa shape index (κ3) is 7.61. The molecule has 1 aliphatic carbocycles. The third-order valence-electron chi connectivity index (χ3n) is 7.76. The molecule has 2 fully saturated rings. The highest BCUT2D eigenvalue weighted by Gasteiger charge is 2.42. The molecule has 218 valence electrons. The number of rotatable bonds is 11. The minimum absolute atomic E-state index is 0.0277. The molecular formula is C28H38N4O6S2. The van der Waals surface area contributed by atoms with Crippen molar-refractivity contribution >= 4 is 39.1 Å². The van der Waals surface area contributed by atoms with E-state index in [1.807, 2.05) is 17.5 Å². The van der Waals surface area contributed by atoms with Crippen molar-refractivity contribution in [2.45, 2.75) is 80.8 Å². The number of nitrogens with one attached hydrogen (secondary N) is 2. The molecule has 40 heavy (non-hydrogen) atoms. The Morgan fingerprint density at radius 1 is 1.10 bits per heavy atom. The summed E-state index contributed by atoms with van der Waals surface area (Å²) in [6, 6.07) is 7.30. The SMILES string of the molecule is COc1ccc(S(=O)(=O)N2CCC(NC(=O)Cc3cccs3)CC2C(=O)NC(CC2CCCCC2)C(N)=O)cc1. The topological polar surface area (TPSA) is 148 Å². The van der Waals surface area contributed by atoms with E-state index in [1.54, 1.807) is 12.1 Å². The van der Waals surface area contributed by atoms with Crippen LogP contribution in [0.1, 0.15) is 56.2 Å². The van der Waals surface area contributed by atoms with E-state index in [4.69, 9.17) is 10.5 Å². The lowest BCUT2D eigenvalue weighted by Crippen LogP contribution is -2.59. The molecule has 0 spiro atoms. The number of nitrogens with zero attached hydrogens (tertiary/aromatic N) is 1. The number of thiophene rings is 1. The Morgan fingerprint density at radius 3 is 2.45 bits per heavy atom. The van der Waals surface area contributed by atoms with Gasteiger partial charge in [-0.15, -0.1) is 11.3 Å². The second-order valence-corrected chi connectivity index (χ2v) is 13.5. The van der Waals surface area contributed by atoms with Crippen molar-refractivity contribution in [2.75, 3.05) is 13.7 Å². The van der Waals surface area contributed by atoms with Crippen molar-refractivity contribution in [2.24, 2.45) is 11.7 Å². The van der Waals surface area contributed by atoms with E-state index in [0.717, 1.165) is 37.0 Å². The molecule has 3 unspecified atom stereocenters. The van der Waals surface area contributed by atoms with Crippen LogP contribution in [0.5, 0.6) is 5.75 Å². The Morgan fingerprint density at radius 2 is 1.82 bits per heavy atom. The van der Waals surface area contributed by atoms with Crippen LogP contribution in [0.4, 0.5) is 0 Å². The number of sulfonamides is 1. The average molecular weight is 591 g/mol. The zero-order chi connectivity index (χ0) is 28.7. The smallest absolute Gasteiger partial charge is 0.243 e. The van der Waals surface area contributed by atoms with Gasteiger partial charge >= 0.3 is 0 Å². The van der Waals surface area contributed by atoms with Crippen molar-refractivity contribution in [1.29, 1.82) is 0 Å². The lowest BCUT2D eigenvalue weighted by atomic mass is 9.84. The van der Waals surface area contributed by atoms with Gasteiger partial charge < -0.3 is 21.1 Å². The van der Waals surface area contributed by atoms with Crippen molar-refractivity contribution in [3.63, 3.8) is 0 Å². The van der Waals surface area contributed by atoms with E-state index >= 15 is 0 Å². The number of amides is 3. The van der Waals surface area contributed by atoms with Gasteiger partial charge in [-0.1, -0.05) is 38.2 Å². The number of hydrogen-bond acceptors (Lipinski definition) is 7. The van der Waals surface area contributed by atoms with Crippen LogP contribution < -0.4 is 21.1 Å². The first-order valence-corrected chi connectivity index (χ1v) is 16.1. The fourth-order valence-corrected chi connectivity index (χ4v) is 7.92. The van der Waals surface area contributed by atoms with Crippen LogP contribution >= 0.6 is 11.3 Å². The Bertz CT molecular complexity index is 1260. The summed E-state index contributed by atoms with van der Waals surface area (Å²) in [6.07, 6.45) is 6.32. The predicted molar refractivity (Wildman–Crippen MR) is 152 cm³/mol. The van der Waals surface area contributed by atoms with Gasteiger partial charge in [0.05, 0.1) is 18.4 Å². The molecule has 3 atom stereocenters. The largest absolute Gasteiger partial charge is 0.497 e. The van der Waals surface area contributed by atoms with E-state index in [9.17, 15) is 22.8 Å². The second kappa shape index (κ2) is 13.6. The van der Waals surface area contributed by atoms with Crippen LogP contribution in [0, 0.1) is 5.92 Å². The van der Waals surface area contributed by atoms with Crippen LogP contribution in [0.25, 0.3) is 0 Å². The third-order valence-corrected chi connectivity index (χ3v) is 10.6. The molecule has 4 rings (SSSR count). The van der Waals surface area contributed by atoms with Crippen LogP contribution in [0.2, 0.25) is 0 Å². The van der Waals surface area contributed by atoms with Gasteiger partial charge in [-0.05, 0) is 60.9 Å². The van der Waals surface area contributed by atoms with Crippen LogP contribution in [-0.4, -0.2) is 62.2 Å². The molecule has 1 aliphatic heterocycles. The number of nitrogens with two attached hydrogens (primary N) is 1. The summed E-state index contributed by atoms with van der Waals surface area (Å²) in [6.45, 7) is 0.0280. The van der Waals surface area contributed by atoms with E-state index in [1.165, 1.54) is 34.9 Å². The summed E-state index contributed by atoms with van der Waals surface area (Å²) in [7, 11) is -2.58. The molecular weight excluding hydrogens is 552 g/mol. The molecule has 3 amide bonds. The zero-order valence-corrected chi connectivity index (χ0v) is 24.3. The van der Waals surface area contributed by atoms with Gasteiger partial charge in [-0.25, -0.2) is 8.42 Å². The Balaban J connectivity index is 1.53. The standard InChI is InChI=1S/C28H38N4O6S2/c1-38-21-9-11-23(12-10-21)40(36,37)32-14-13-20(30-26(33)18-22-8-5-15-39-22)17-25(32)28(35)31-24(27(29)34)16-19-6-3-2-4-7-19/h5,8-12,15,19-20,24-25H,2-4,6-7,13-14,16-18H2,1H3,(H2,29,34)(H,30,33)(H,31,35). The van der Waals surface area contributed by atoms with Gasteiger partial charge in [0.15, 0.2) is 0 Å².